The largest absolute Gasteiger partial charge is 0.340 e. The molecule has 194 valence electrons. The summed E-state index contributed by atoms with van der Waals surface area (Å²) in [5.74, 6) is 0.825. The summed E-state index contributed by atoms with van der Waals surface area (Å²) in [4.78, 5) is 33.4. The molecule has 3 N–H and O–H groups in total. The lowest BCUT2D eigenvalue weighted by molar-refractivity contribution is -0.113. The summed E-state index contributed by atoms with van der Waals surface area (Å²) in [6.07, 6.45) is 1.95. The van der Waals surface area contributed by atoms with Gasteiger partial charge in [-0.3, -0.25) is 4.79 Å². The number of benzene rings is 3. The van der Waals surface area contributed by atoms with Gasteiger partial charge in [-0.05, 0) is 67.3 Å². The molecule has 2 aliphatic heterocycles. The lowest BCUT2D eigenvalue weighted by Gasteiger charge is -2.41. The highest BCUT2D eigenvalue weighted by Gasteiger charge is 2.37. The van der Waals surface area contributed by atoms with Crippen molar-refractivity contribution in [1.82, 2.24) is 4.90 Å². The molecule has 3 aromatic rings. The summed E-state index contributed by atoms with van der Waals surface area (Å²) >= 11 is 1.72. The van der Waals surface area contributed by atoms with Crippen LogP contribution in [0.25, 0.3) is 0 Å². The number of thioether (sulfide) groups is 1. The molecule has 38 heavy (non-hydrogen) atoms. The van der Waals surface area contributed by atoms with E-state index in [1.807, 2.05) is 85.8 Å². The van der Waals surface area contributed by atoms with Crippen LogP contribution in [-0.2, 0) is 11.2 Å². The predicted molar refractivity (Wildman–Crippen MR) is 157 cm³/mol. The maximum atomic E-state index is 13.6. The second-order valence-electron chi connectivity index (χ2n) is 9.27. The first-order valence-electron chi connectivity index (χ1n) is 12.8. The minimum atomic E-state index is -0.320. The highest BCUT2D eigenvalue weighted by Crippen LogP contribution is 2.40. The molecule has 0 aromatic heterocycles. The standard InChI is InChI=1S/C30H31N5O2S/c1-3-21-13-15-24(16-14-21)33-29(37)34-25-12-7-9-22(19-25)27-26(28(36)32-23-10-5-4-6-11-23)20(2)31-30-35(27)17-8-18-38-30/h4-7,9-16,19,27H,3,8,17-18H2,1-2H3,(H,32,36)(H2,33,34,37). The highest BCUT2D eigenvalue weighted by atomic mass is 32.2. The zero-order valence-corrected chi connectivity index (χ0v) is 22.3. The number of hydrogen-bond donors (Lipinski definition) is 3. The maximum absolute atomic E-state index is 13.6. The van der Waals surface area contributed by atoms with Crippen LogP contribution in [0.4, 0.5) is 21.9 Å². The lowest BCUT2D eigenvalue weighted by atomic mass is 9.93. The van der Waals surface area contributed by atoms with Gasteiger partial charge in [0.15, 0.2) is 5.17 Å². The van der Waals surface area contributed by atoms with E-state index in [1.54, 1.807) is 11.8 Å². The van der Waals surface area contributed by atoms with Crippen LogP contribution in [0.2, 0.25) is 0 Å². The van der Waals surface area contributed by atoms with Gasteiger partial charge in [0, 0.05) is 29.4 Å². The van der Waals surface area contributed by atoms with Crippen molar-refractivity contribution in [1.29, 1.82) is 0 Å². The monoisotopic (exact) mass is 525 g/mol. The van der Waals surface area contributed by atoms with Crippen LogP contribution >= 0.6 is 11.8 Å². The van der Waals surface area contributed by atoms with Crippen molar-refractivity contribution in [2.24, 2.45) is 4.99 Å². The van der Waals surface area contributed by atoms with Gasteiger partial charge in [-0.1, -0.05) is 61.2 Å². The second-order valence-corrected chi connectivity index (χ2v) is 10.3. The number of nitrogens with one attached hydrogen (secondary N) is 3. The predicted octanol–water partition coefficient (Wildman–Crippen LogP) is 6.66. The minimum absolute atomic E-state index is 0.177. The molecule has 1 saturated heterocycles. The molecule has 8 heteroatoms. The van der Waals surface area contributed by atoms with Crippen LogP contribution in [0.5, 0.6) is 0 Å². The molecule has 5 rings (SSSR count). The van der Waals surface area contributed by atoms with Gasteiger partial charge in [-0.15, -0.1) is 0 Å². The Morgan fingerprint density at radius 1 is 0.921 bits per heavy atom. The van der Waals surface area contributed by atoms with Crippen molar-refractivity contribution in [3.63, 3.8) is 0 Å². The molecule has 2 aliphatic rings. The fourth-order valence-electron chi connectivity index (χ4n) is 4.73. The van der Waals surface area contributed by atoms with Gasteiger partial charge in [0.2, 0.25) is 0 Å². The second kappa shape index (κ2) is 11.6. The van der Waals surface area contributed by atoms with E-state index < -0.39 is 0 Å². The molecule has 0 bridgehead atoms. The van der Waals surface area contributed by atoms with Crippen LogP contribution in [0, 0.1) is 0 Å². The Labute approximate surface area is 227 Å². The first-order chi connectivity index (χ1) is 18.5. The number of rotatable bonds is 6. The van der Waals surface area contributed by atoms with Gasteiger partial charge in [0.1, 0.15) is 0 Å². The number of carbonyl (C=O) groups excluding carboxylic acids is 2. The quantitative estimate of drug-likeness (QED) is 0.336. The van der Waals surface area contributed by atoms with Crippen molar-refractivity contribution in [2.75, 3.05) is 28.2 Å². The van der Waals surface area contributed by atoms with Crippen LogP contribution in [-0.4, -0.2) is 34.3 Å². The van der Waals surface area contributed by atoms with Crippen molar-refractivity contribution in [3.05, 3.63) is 101 Å². The summed E-state index contributed by atoms with van der Waals surface area (Å²) in [5.41, 5.74) is 5.56. The van der Waals surface area contributed by atoms with Crippen LogP contribution < -0.4 is 16.0 Å². The van der Waals surface area contributed by atoms with Gasteiger partial charge >= 0.3 is 6.03 Å². The number of fused-ring (bicyclic) bond motifs is 1. The summed E-state index contributed by atoms with van der Waals surface area (Å²) in [7, 11) is 0. The molecule has 0 spiro atoms. The lowest BCUT2D eigenvalue weighted by Crippen LogP contribution is -2.43. The van der Waals surface area contributed by atoms with Crippen molar-refractivity contribution in [3.8, 4) is 0 Å². The van der Waals surface area contributed by atoms with Gasteiger partial charge in [0.25, 0.3) is 5.91 Å². The van der Waals surface area contributed by atoms with E-state index in [1.165, 1.54) is 5.56 Å². The number of anilines is 3. The number of allylic oxidation sites excluding steroid dienone is 1. The zero-order valence-electron chi connectivity index (χ0n) is 21.5. The van der Waals surface area contributed by atoms with Crippen LogP contribution in [0.3, 0.4) is 0 Å². The first-order valence-corrected chi connectivity index (χ1v) is 13.8. The van der Waals surface area contributed by atoms with Gasteiger partial charge in [-0.2, -0.15) is 0 Å². The van der Waals surface area contributed by atoms with E-state index in [-0.39, 0.29) is 18.0 Å². The van der Waals surface area contributed by atoms with Crippen molar-refractivity contribution >= 4 is 45.9 Å². The number of carbonyl (C=O) groups is 2. The summed E-state index contributed by atoms with van der Waals surface area (Å²) in [6.45, 7) is 4.79. The van der Waals surface area contributed by atoms with Crippen LogP contribution in [0.15, 0.2) is 95.1 Å². The number of para-hydroxylation sites is 1. The van der Waals surface area contributed by atoms with Crippen molar-refractivity contribution < 1.29 is 9.59 Å². The minimum Gasteiger partial charge on any atom is -0.340 e. The maximum Gasteiger partial charge on any atom is 0.323 e. The molecular weight excluding hydrogens is 494 g/mol. The average molecular weight is 526 g/mol. The Balaban J connectivity index is 1.41. The van der Waals surface area contributed by atoms with Gasteiger partial charge in [0.05, 0.1) is 17.3 Å². The Bertz CT molecular complexity index is 1390. The fraction of sp³-hybridized carbons (Fsp3) is 0.233. The van der Waals surface area contributed by atoms with E-state index in [9.17, 15) is 9.59 Å². The molecule has 1 unspecified atom stereocenters. The number of amidine groups is 1. The third kappa shape index (κ3) is 5.75. The molecular formula is C30H31N5O2S. The molecule has 7 nitrogen and oxygen atoms in total. The Morgan fingerprint density at radius 3 is 2.39 bits per heavy atom. The first kappa shape index (κ1) is 25.6. The number of aliphatic imine (C=N–C) groups is 1. The summed E-state index contributed by atoms with van der Waals surface area (Å²) in [5, 5.41) is 9.81. The average Bonchev–Trinajstić information content (AvgIpc) is 2.93. The van der Waals surface area contributed by atoms with Gasteiger partial charge < -0.3 is 20.9 Å². The summed E-state index contributed by atoms with van der Waals surface area (Å²) < 4.78 is 0. The third-order valence-corrected chi connectivity index (χ3v) is 7.69. The fourth-order valence-corrected chi connectivity index (χ4v) is 5.75. The molecule has 0 aliphatic carbocycles. The molecule has 1 atom stereocenters. The number of aryl methyl sites for hydroxylation is 1. The Kier molecular flexibility index (Phi) is 7.79. The highest BCUT2D eigenvalue weighted by molar-refractivity contribution is 8.13. The van der Waals surface area contributed by atoms with E-state index in [0.717, 1.165) is 47.2 Å². The Morgan fingerprint density at radius 2 is 1.63 bits per heavy atom. The molecule has 0 saturated carbocycles. The number of hydrogen-bond acceptors (Lipinski definition) is 5. The van der Waals surface area contributed by atoms with E-state index >= 15 is 0 Å². The topological polar surface area (TPSA) is 85.8 Å². The molecule has 3 aromatic carbocycles. The van der Waals surface area contributed by atoms with Crippen LogP contribution in [0.1, 0.15) is 37.4 Å². The smallest absolute Gasteiger partial charge is 0.323 e. The number of urea groups is 1. The zero-order chi connectivity index (χ0) is 26.5. The van der Waals surface area contributed by atoms with Crippen molar-refractivity contribution in [2.45, 2.75) is 32.7 Å². The normalized spacial score (nSPS) is 16.8. The molecule has 1 fully saturated rings. The number of amides is 3. The van der Waals surface area contributed by atoms with E-state index in [0.29, 0.717) is 17.0 Å². The van der Waals surface area contributed by atoms with E-state index in [4.69, 9.17) is 4.99 Å². The third-order valence-electron chi connectivity index (χ3n) is 6.62. The molecule has 0 radical (unpaired) electrons. The molecule has 3 amide bonds. The van der Waals surface area contributed by atoms with Gasteiger partial charge in [-0.25, -0.2) is 9.79 Å². The number of nitrogens with zero attached hydrogens (tertiary/aromatic N) is 2. The molecule has 2 heterocycles. The summed E-state index contributed by atoms with van der Waals surface area (Å²) in [6, 6.07) is 24.3. The van der Waals surface area contributed by atoms with E-state index in [2.05, 4.69) is 27.8 Å². The SMILES string of the molecule is CCc1ccc(NC(=O)Nc2cccc(C3C(C(=O)Nc4ccccc4)=C(C)N=C4SCCCN43)c2)cc1. The Hall–Kier alpha value is -4.04.